The van der Waals surface area contributed by atoms with Crippen molar-refractivity contribution in [3.8, 4) is 0 Å². The van der Waals surface area contributed by atoms with Crippen LogP contribution in [0.25, 0.3) is 6.08 Å². The van der Waals surface area contributed by atoms with E-state index in [1.807, 2.05) is 23.1 Å². The van der Waals surface area contributed by atoms with Gasteiger partial charge in [-0.25, -0.2) is 0 Å². The smallest absolute Gasteiger partial charge is 0.246 e. The van der Waals surface area contributed by atoms with Crippen molar-refractivity contribution in [2.24, 2.45) is 0 Å². The normalized spacial score (nSPS) is 21.0. The molecule has 2 saturated heterocycles. The molecule has 0 unspecified atom stereocenters. The second kappa shape index (κ2) is 7.51. The van der Waals surface area contributed by atoms with Gasteiger partial charge in [0.15, 0.2) is 5.79 Å². The van der Waals surface area contributed by atoms with E-state index in [2.05, 4.69) is 18.4 Å². The first-order valence-corrected chi connectivity index (χ1v) is 9.32. The summed E-state index contributed by atoms with van der Waals surface area (Å²) in [4.78, 5) is 15.4. The Bertz CT molecular complexity index is 554. The van der Waals surface area contributed by atoms with Crippen LogP contribution >= 0.6 is 11.8 Å². The van der Waals surface area contributed by atoms with E-state index in [4.69, 9.17) is 9.47 Å². The van der Waals surface area contributed by atoms with Gasteiger partial charge in [-0.1, -0.05) is 12.1 Å². The molecule has 2 aliphatic rings. The van der Waals surface area contributed by atoms with Gasteiger partial charge in [-0.2, -0.15) is 0 Å². The molecular weight excluding hydrogens is 310 g/mol. The van der Waals surface area contributed by atoms with Crippen LogP contribution in [0.2, 0.25) is 0 Å². The number of amides is 1. The van der Waals surface area contributed by atoms with Crippen molar-refractivity contribution < 1.29 is 14.3 Å². The summed E-state index contributed by atoms with van der Waals surface area (Å²) in [5, 5.41) is 0. The van der Waals surface area contributed by atoms with Gasteiger partial charge >= 0.3 is 0 Å². The Morgan fingerprint density at radius 2 is 1.83 bits per heavy atom. The summed E-state index contributed by atoms with van der Waals surface area (Å²) in [5.74, 6) is -0.378. The Kier molecular flexibility index (Phi) is 5.41. The largest absolute Gasteiger partial charge is 0.350 e. The predicted molar refractivity (Wildman–Crippen MR) is 92.3 cm³/mol. The van der Waals surface area contributed by atoms with E-state index < -0.39 is 5.79 Å². The van der Waals surface area contributed by atoms with E-state index in [1.165, 1.54) is 4.90 Å². The Morgan fingerprint density at radius 3 is 2.43 bits per heavy atom. The molecule has 4 nitrogen and oxygen atoms in total. The monoisotopic (exact) mass is 333 g/mol. The Morgan fingerprint density at radius 1 is 1.17 bits per heavy atom. The molecule has 0 N–H and O–H groups in total. The van der Waals surface area contributed by atoms with Crippen molar-refractivity contribution in [2.45, 2.75) is 29.9 Å². The highest BCUT2D eigenvalue weighted by atomic mass is 32.2. The number of benzene rings is 1. The third kappa shape index (κ3) is 4.16. The Labute approximate surface area is 141 Å². The van der Waals surface area contributed by atoms with Crippen LogP contribution in [0.1, 0.15) is 24.8 Å². The molecule has 5 heteroatoms. The number of hydrogen-bond acceptors (Lipinski definition) is 4. The number of carbonyl (C=O) groups is 1. The highest BCUT2D eigenvalue weighted by Gasteiger charge is 2.38. The average molecular weight is 333 g/mol. The lowest BCUT2D eigenvalue weighted by Crippen LogP contribution is -2.51. The predicted octanol–water partition coefficient (Wildman–Crippen LogP) is 3.18. The number of piperidine rings is 1. The van der Waals surface area contributed by atoms with Crippen molar-refractivity contribution in [2.75, 3.05) is 32.6 Å². The second-order valence-electron chi connectivity index (χ2n) is 5.89. The zero-order valence-corrected chi connectivity index (χ0v) is 14.3. The minimum atomic E-state index is -0.438. The molecular formula is C18H23NO3S. The summed E-state index contributed by atoms with van der Waals surface area (Å²) in [5.41, 5.74) is 1.04. The standard InChI is InChI=1S/C18H23NO3S/c1-23-16-6-3-15(4-7-16)5-8-17(20)19-11-9-18(10-12-19)21-13-2-14-22-18/h3-8H,2,9-14H2,1H3. The van der Waals surface area contributed by atoms with E-state index in [-0.39, 0.29) is 5.91 Å². The van der Waals surface area contributed by atoms with Crippen molar-refractivity contribution in [3.63, 3.8) is 0 Å². The van der Waals surface area contributed by atoms with Crippen LogP contribution in [-0.2, 0) is 14.3 Å². The van der Waals surface area contributed by atoms with Gasteiger partial charge in [0.2, 0.25) is 5.91 Å². The third-order valence-corrected chi connectivity index (χ3v) is 5.13. The summed E-state index contributed by atoms with van der Waals surface area (Å²) < 4.78 is 11.6. The quantitative estimate of drug-likeness (QED) is 0.629. The molecule has 1 aromatic carbocycles. The highest BCUT2D eigenvalue weighted by molar-refractivity contribution is 7.98. The van der Waals surface area contributed by atoms with Gasteiger partial charge in [0.25, 0.3) is 0 Å². The molecule has 23 heavy (non-hydrogen) atoms. The van der Waals surface area contributed by atoms with Crippen LogP contribution < -0.4 is 0 Å². The van der Waals surface area contributed by atoms with Crippen molar-refractivity contribution in [3.05, 3.63) is 35.9 Å². The molecule has 1 amide bonds. The fraction of sp³-hybridized carbons (Fsp3) is 0.500. The van der Waals surface area contributed by atoms with Gasteiger partial charge in [-0.05, 0) is 36.4 Å². The molecule has 3 rings (SSSR count). The zero-order chi connectivity index (χ0) is 16.1. The SMILES string of the molecule is CSc1ccc(C=CC(=O)N2CCC3(CC2)OCCCO3)cc1. The lowest BCUT2D eigenvalue weighted by molar-refractivity contribution is -0.282. The van der Waals surface area contributed by atoms with Crippen LogP contribution in [-0.4, -0.2) is 49.2 Å². The van der Waals surface area contributed by atoms with E-state index >= 15 is 0 Å². The van der Waals surface area contributed by atoms with Gasteiger partial charge in [0.1, 0.15) is 0 Å². The number of rotatable bonds is 3. The van der Waals surface area contributed by atoms with Crippen LogP contribution in [0, 0.1) is 0 Å². The lowest BCUT2D eigenvalue weighted by atomic mass is 10.0. The van der Waals surface area contributed by atoms with Gasteiger partial charge in [-0.15, -0.1) is 11.8 Å². The van der Waals surface area contributed by atoms with Crippen LogP contribution in [0.5, 0.6) is 0 Å². The van der Waals surface area contributed by atoms with Crippen molar-refractivity contribution >= 4 is 23.7 Å². The van der Waals surface area contributed by atoms with Crippen molar-refractivity contribution in [1.29, 1.82) is 0 Å². The van der Waals surface area contributed by atoms with E-state index in [1.54, 1.807) is 17.8 Å². The fourth-order valence-electron chi connectivity index (χ4n) is 2.96. The maximum absolute atomic E-state index is 12.3. The molecule has 2 heterocycles. The average Bonchev–Trinajstić information content (AvgIpc) is 2.61. The van der Waals surface area contributed by atoms with Gasteiger partial charge in [0, 0.05) is 36.9 Å². The molecule has 0 bridgehead atoms. The second-order valence-corrected chi connectivity index (χ2v) is 6.77. The van der Waals surface area contributed by atoms with Crippen molar-refractivity contribution in [1.82, 2.24) is 4.90 Å². The van der Waals surface area contributed by atoms with Crippen LogP contribution in [0.15, 0.2) is 35.2 Å². The number of carbonyl (C=O) groups excluding carboxylic acids is 1. The topological polar surface area (TPSA) is 38.8 Å². The van der Waals surface area contributed by atoms with E-state index in [9.17, 15) is 4.79 Å². The summed E-state index contributed by atoms with van der Waals surface area (Å²) in [6, 6.07) is 8.20. The molecule has 0 radical (unpaired) electrons. The minimum Gasteiger partial charge on any atom is -0.350 e. The highest BCUT2D eigenvalue weighted by Crippen LogP contribution is 2.30. The molecule has 1 spiro atoms. The summed E-state index contributed by atoms with van der Waals surface area (Å²) in [7, 11) is 0. The maximum Gasteiger partial charge on any atom is 0.246 e. The molecule has 0 aromatic heterocycles. The number of hydrogen-bond donors (Lipinski definition) is 0. The third-order valence-electron chi connectivity index (χ3n) is 4.39. The van der Waals surface area contributed by atoms with Gasteiger partial charge in [-0.3, -0.25) is 4.79 Å². The summed E-state index contributed by atoms with van der Waals surface area (Å²) in [6.45, 7) is 2.91. The Balaban J connectivity index is 1.53. The molecule has 0 atom stereocenters. The van der Waals surface area contributed by atoms with Gasteiger partial charge in [0.05, 0.1) is 13.2 Å². The lowest BCUT2D eigenvalue weighted by Gasteiger charge is -2.43. The molecule has 0 saturated carbocycles. The Hall–Kier alpha value is -1.30. The summed E-state index contributed by atoms with van der Waals surface area (Å²) in [6.07, 6.45) is 8.07. The molecule has 124 valence electrons. The molecule has 2 fully saturated rings. The number of thioether (sulfide) groups is 1. The number of likely N-dealkylation sites (tertiary alicyclic amines) is 1. The van der Waals surface area contributed by atoms with E-state index in [0.717, 1.165) is 38.0 Å². The first kappa shape index (κ1) is 16.6. The number of nitrogens with zero attached hydrogens (tertiary/aromatic N) is 1. The zero-order valence-electron chi connectivity index (χ0n) is 13.5. The molecule has 0 aliphatic carbocycles. The van der Waals surface area contributed by atoms with Crippen LogP contribution in [0.3, 0.4) is 0 Å². The van der Waals surface area contributed by atoms with Gasteiger partial charge < -0.3 is 14.4 Å². The minimum absolute atomic E-state index is 0.0598. The summed E-state index contributed by atoms with van der Waals surface area (Å²) >= 11 is 1.71. The van der Waals surface area contributed by atoms with E-state index in [0.29, 0.717) is 13.1 Å². The first-order chi connectivity index (χ1) is 11.2. The number of ether oxygens (including phenoxy) is 2. The van der Waals surface area contributed by atoms with Crippen LogP contribution in [0.4, 0.5) is 0 Å². The maximum atomic E-state index is 12.3. The molecule has 2 aliphatic heterocycles. The first-order valence-electron chi connectivity index (χ1n) is 8.10. The fourth-order valence-corrected chi connectivity index (χ4v) is 3.37. The molecule has 1 aromatic rings.